The van der Waals surface area contributed by atoms with Gasteiger partial charge in [0.2, 0.25) is 11.8 Å². The third kappa shape index (κ3) is 13.9. The number of unbranched alkanes of at least 4 members (excludes halogenated alkanes) is 2. The fourth-order valence-corrected chi connectivity index (χ4v) is 3.03. The molecule has 30 heavy (non-hydrogen) atoms. The number of carbonyl (C=O) groups excluding carboxylic acids is 2. The fraction of sp³-hybridized carbons (Fsp3) is 0.909. The van der Waals surface area contributed by atoms with Gasteiger partial charge >= 0.3 is 0 Å². The molecule has 0 aromatic carbocycles. The van der Waals surface area contributed by atoms with Crippen molar-refractivity contribution in [1.29, 1.82) is 0 Å². The smallest absolute Gasteiger partial charge is 0.222 e. The molecule has 8 heteroatoms. The van der Waals surface area contributed by atoms with Crippen molar-refractivity contribution in [1.82, 2.24) is 10.6 Å². The first kappa shape index (κ1) is 26.8. The minimum atomic E-state index is -0.479. The van der Waals surface area contributed by atoms with Gasteiger partial charge in [0, 0.05) is 39.5 Å². The molecule has 8 nitrogen and oxygen atoms in total. The van der Waals surface area contributed by atoms with E-state index in [1.54, 1.807) is 0 Å². The molecule has 0 unspecified atom stereocenters. The van der Waals surface area contributed by atoms with Gasteiger partial charge in [-0.25, -0.2) is 0 Å². The Morgan fingerprint density at radius 1 is 0.700 bits per heavy atom. The maximum atomic E-state index is 12.4. The Hall–Kier alpha value is -1.22. The number of hydrogen-bond acceptors (Lipinski definition) is 6. The second-order valence-electron chi connectivity index (χ2n) is 7.57. The van der Waals surface area contributed by atoms with Gasteiger partial charge in [-0.15, -0.1) is 0 Å². The lowest BCUT2D eigenvalue weighted by Crippen LogP contribution is -2.41. The van der Waals surface area contributed by atoms with Crippen LogP contribution in [0.4, 0.5) is 0 Å². The van der Waals surface area contributed by atoms with E-state index in [1.165, 1.54) is 0 Å². The summed E-state index contributed by atoms with van der Waals surface area (Å²) in [6.07, 6.45) is 4.73. The van der Waals surface area contributed by atoms with Crippen LogP contribution < -0.4 is 10.6 Å². The summed E-state index contributed by atoms with van der Waals surface area (Å²) in [7, 11) is 0. The Balaban J connectivity index is 2.72. The summed E-state index contributed by atoms with van der Waals surface area (Å²) in [5.41, 5.74) is 0. The van der Waals surface area contributed by atoms with Crippen LogP contribution in [0.3, 0.4) is 0 Å². The van der Waals surface area contributed by atoms with Crippen LogP contribution in [0, 0.1) is 0 Å². The van der Waals surface area contributed by atoms with Crippen LogP contribution in [0.2, 0.25) is 0 Å². The molecule has 1 aliphatic rings. The van der Waals surface area contributed by atoms with Crippen molar-refractivity contribution in [2.24, 2.45) is 0 Å². The van der Waals surface area contributed by atoms with Crippen molar-refractivity contribution in [2.75, 3.05) is 52.7 Å². The SMILES string of the molecule is CCCCNC(=O)C[C@@H]1OCCCOCCOCCCO[C@H]1CC(=O)NCCCC. The van der Waals surface area contributed by atoms with Gasteiger partial charge in [0.15, 0.2) is 0 Å². The molecule has 1 aliphatic heterocycles. The molecule has 1 saturated heterocycles. The quantitative estimate of drug-likeness (QED) is 0.516. The molecule has 2 atom stereocenters. The number of rotatable bonds is 10. The van der Waals surface area contributed by atoms with Gasteiger partial charge in [0.05, 0.1) is 38.3 Å². The monoisotopic (exact) mass is 430 g/mol. The molecule has 0 aliphatic carbocycles. The molecule has 1 fully saturated rings. The summed E-state index contributed by atoms with van der Waals surface area (Å²) in [4.78, 5) is 24.8. The third-order valence-electron chi connectivity index (χ3n) is 4.79. The lowest BCUT2D eigenvalue weighted by molar-refractivity contribution is -0.137. The lowest BCUT2D eigenvalue weighted by Gasteiger charge is -2.27. The molecule has 2 amide bonds. The molecule has 176 valence electrons. The van der Waals surface area contributed by atoms with Gasteiger partial charge in [0.25, 0.3) is 0 Å². The molecule has 0 spiro atoms. The standard InChI is InChI=1S/C22H42N2O6/c1-3-5-9-23-21(25)17-19-20(18-22(26)24-10-6-4-2)30-14-8-12-28-16-15-27-11-7-13-29-19/h19-20H,3-18H2,1-2H3,(H,23,25)(H,24,26)/t19-,20-/m0/s1. The molecule has 0 aromatic rings. The summed E-state index contributed by atoms with van der Waals surface area (Å²) in [6, 6.07) is 0. The number of nitrogens with one attached hydrogen (secondary N) is 2. The average Bonchev–Trinajstić information content (AvgIpc) is 2.73. The third-order valence-corrected chi connectivity index (χ3v) is 4.79. The van der Waals surface area contributed by atoms with Crippen LogP contribution in [0.1, 0.15) is 65.2 Å². The van der Waals surface area contributed by atoms with Crippen LogP contribution in [0.25, 0.3) is 0 Å². The van der Waals surface area contributed by atoms with Crippen molar-refractivity contribution in [2.45, 2.75) is 77.4 Å². The van der Waals surface area contributed by atoms with E-state index in [4.69, 9.17) is 18.9 Å². The van der Waals surface area contributed by atoms with Gasteiger partial charge in [0.1, 0.15) is 0 Å². The summed E-state index contributed by atoms with van der Waals surface area (Å²) < 4.78 is 23.1. The van der Waals surface area contributed by atoms with E-state index < -0.39 is 12.2 Å². The average molecular weight is 431 g/mol. The molecular formula is C22H42N2O6. The Labute approximate surface area is 181 Å². The Morgan fingerprint density at radius 2 is 1.13 bits per heavy atom. The van der Waals surface area contributed by atoms with Crippen molar-refractivity contribution >= 4 is 11.8 Å². The highest BCUT2D eigenvalue weighted by molar-refractivity contribution is 5.78. The topological polar surface area (TPSA) is 95.1 Å². The van der Waals surface area contributed by atoms with Crippen molar-refractivity contribution < 1.29 is 28.5 Å². The Morgan fingerprint density at radius 3 is 1.53 bits per heavy atom. The fourth-order valence-electron chi connectivity index (χ4n) is 3.03. The van der Waals surface area contributed by atoms with E-state index in [-0.39, 0.29) is 24.7 Å². The molecule has 0 aromatic heterocycles. The summed E-state index contributed by atoms with van der Waals surface area (Å²) >= 11 is 0. The summed E-state index contributed by atoms with van der Waals surface area (Å²) in [6.45, 7) is 8.63. The first-order chi connectivity index (χ1) is 14.7. The first-order valence-corrected chi connectivity index (χ1v) is 11.6. The van der Waals surface area contributed by atoms with E-state index >= 15 is 0 Å². The van der Waals surface area contributed by atoms with Gasteiger partial charge in [-0.05, 0) is 25.7 Å². The molecule has 2 N–H and O–H groups in total. The summed E-state index contributed by atoms with van der Waals surface area (Å²) in [5, 5.41) is 5.86. The van der Waals surface area contributed by atoms with E-state index in [0.29, 0.717) is 65.6 Å². The van der Waals surface area contributed by atoms with Gasteiger partial charge in [-0.3, -0.25) is 9.59 Å². The second-order valence-corrected chi connectivity index (χ2v) is 7.57. The highest BCUT2D eigenvalue weighted by Crippen LogP contribution is 2.15. The second kappa shape index (κ2) is 18.5. The maximum absolute atomic E-state index is 12.4. The number of ether oxygens (including phenoxy) is 4. The Bertz CT molecular complexity index is 409. The van der Waals surface area contributed by atoms with Crippen LogP contribution in [0.5, 0.6) is 0 Å². The zero-order chi connectivity index (χ0) is 21.9. The predicted molar refractivity (Wildman–Crippen MR) is 115 cm³/mol. The Kier molecular flexibility index (Phi) is 16.6. The predicted octanol–water partition coefficient (Wildman–Crippen LogP) is 2.20. The van der Waals surface area contributed by atoms with Crippen LogP contribution >= 0.6 is 0 Å². The van der Waals surface area contributed by atoms with Crippen LogP contribution in [-0.4, -0.2) is 76.8 Å². The molecular weight excluding hydrogens is 388 g/mol. The molecule has 0 saturated carbocycles. The molecule has 1 rings (SSSR count). The van der Waals surface area contributed by atoms with Gasteiger partial charge in [-0.1, -0.05) is 26.7 Å². The molecule has 0 radical (unpaired) electrons. The molecule has 1 heterocycles. The minimum Gasteiger partial charge on any atom is -0.379 e. The zero-order valence-electron chi connectivity index (χ0n) is 18.9. The maximum Gasteiger partial charge on any atom is 0.222 e. The minimum absolute atomic E-state index is 0.0749. The lowest BCUT2D eigenvalue weighted by atomic mass is 10.1. The van der Waals surface area contributed by atoms with E-state index in [1.807, 2.05) is 0 Å². The van der Waals surface area contributed by atoms with E-state index in [2.05, 4.69) is 24.5 Å². The van der Waals surface area contributed by atoms with Crippen LogP contribution in [0.15, 0.2) is 0 Å². The van der Waals surface area contributed by atoms with Gasteiger partial charge < -0.3 is 29.6 Å². The number of carbonyl (C=O) groups is 2. The number of amides is 2. The highest BCUT2D eigenvalue weighted by Gasteiger charge is 2.28. The van der Waals surface area contributed by atoms with Crippen molar-refractivity contribution in [3.8, 4) is 0 Å². The summed E-state index contributed by atoms with van der Waals surface area (Å²) in [5.74, 6) is -0.150. The van der Waals surface area contributed by atoms with Crippen molar-refractivity contribution in [3.63, 3.8) is 0 Å². The highest BCUT2D eigenvalue weighted by atomic mass is 16.5. The first-order valence-electron chi connectivity index (χ1n) is 11.6. The normalized spacial score (nSPS) is 22.1. The van der Waals surface area contributed by atoms with E-state index in [0.717, 1.165) is 25.7 Å². The largest absolute Gasteiger partial charge is 0.379 e. The van der Waals surface area contributed by atoms with E-state index in [9.17, 15) is 9.59 Å². The number of hydrogen-bond donors (Lipinski definition) is 2. The van der Waals surface area contributed by atoms with Crippen molar-refractivity contribution in [3.05, 3.63) is 0 Å². The van der Waals surface area contributed by atoms with Crippen LogP contribution in [-0.2, 0) is 28.5 Å². The molecule has 0 bridgehead atoms. The zero-order valence-corrected chi connectivity index (χ0v) is 18.9. The van der Waals surface area contributed by atoms with Gasteiger partial charge in [-0.2, -0.15) is 0 Å².